The molecule has 0 saturated heterocycles. The Labute approximate surface area is 134 Å². The van der Waals surface area contributed by atoms with Crippen molar-refractivity contribution in [3.63, 3.8) is 0 Å². The number of nitrogens with one attached hydrogen (secondary N) is 1. The zero-order valence-corrected chi connectivity index (χ0v) is 13.2. The van der Waals surface area contributed by atoms with Crippen LogP contribution in [-0.2, 0) is 19.5 Å². The lowest BCUT2D eigenvalue weighted by atomic mass is 10.0. The molecule has 0 amide bonds. The molecule has 0 atom stereocenters. The van der Waals surface area contributed by atoms with Crippen molar-refractivity contribution in [2.45, 2.75) is 45.2 Å². The van der Waals surface area contributed by atoms with Crippen molar-refractivity contribution in [3.05, 3.63) is 62.6 Å². The number of fused-ring (bicyclic) bond motifs is 1. The number of H-pyrrole nitrogens is 1. The first kappa shape index (κ1) is 14.6. The van der Waals surface area contributed by atoms with Gasteiger partial charge in [-0.15, -0.1) is 0 Å². The van der Waals surface area contributed by atoms with Crippen LogP contribution in [-0.4, -0.2) is 21.4 Å². The van der Waals surface area contributed by atoms with E-state index in [1.54, 1.807) is 6.92 Å². The first-order valence-electron chi connectivity index (χ1n) is 8.19. The van der Waals surface area contributed by atoms with Crippen molar-refractivity contribution in [2.75, 3.05) is 6.54 Å². The lowest BCUT2D eigenvalue weighted by molar-refractivity contribution is 0.241. The van der Waals surface area contributed by atoms with Gasteiger partial charge in [0.15, 0.2) is 0 Å². The minimum Gasteiger partial charge on any atom is -0.310 e. The summed E-state index contributed by atoms with van der Waals surface area (Å²) in [5.41, 5.74) is 3.50. The maximum absolute atomic E-state index is 13.4. The van der Waals surface area contributed by atoms with E-state index < -0.39 is 0 Å². The van der Waals surface area contributed by atoms with E-state index in [1.165, 1.54) is 6.07 Å². The molecule has 1 saturated carbocycles. The Kier molecular flexibility index (Phi) is 3.53. The predicted octanol–water partition coefficient (Wildman–Crippen LogP) is 2.65. The Bertz CT molecular complexity index is 810. The molecule has 0 unspecified atom stereocenters. The molecule has 1 N–H and O–H groups in total. The molecule has 2 aromatic rings. The van der Waals surface area contributed by atoms with E-state index in [-0.39, 0.29) is 11.4 Å². The van der Waals surface area contributed by atoms with Crippen LogP contribution in [0.4, 0.5) is 4.39 Å². The second kappa shape index (κ2) is 5.57. The van der Waals surface area contributed by atoms with Crippen molar-refractivity contribution in [3.8, 4) is 0 Å². The van der Waals surface area contributed by atoms with Gasteiger partial charge in [0.1, 0.15) is 11.6 Å². The summed E-state index contributed by atoms with van der Waals surface area (Å²) in [5.74, 6) is 1.16. The Morgan fingerprint density at radius 2 is 2.22 bits per heavy atom. The van der Waals surface area contributed by atoms with Crippen molar-refractivity contribution in [1.29, 1.82) is 0 Å². The summed E-state index contributed by atoms with van der Waals surface area (Å²) in [6.45, 7) is 3.99. The summed E-state index contributed by atoms with van der Waals surface area (Å²) in [6.07, 6.45) is 3.08. The number of hydrogen-bond donors (Lipinski definition) is 1. The van der Waals surface area contributed by atoms with Crippen molar-refractivity contribution in [1.82, 2.24) is 14.9 Å². The number of halogens is 1. The normalized spacial score (nSPS) is 18.0. The fourth-order valence-corrected chi connectivity index (χ4v) is 3.25. The number of aryl methyl sites for hydroxylation is 1. The van der Waals surface area contributed by atoms with E-state index in [0.717, 1.165) is 55.0 Å². The van der Waals surface area contributed by atoms with E-state index in [1.807, 2.05) is 12.1 Å². The van der Waals surface area contributed by atoms with Crippen LogP contribution < -0.4 is 5.56 Å². The van der Waals surface area contributed by atoms with Crippen molar-refractivity contribution < 1.29 is 4.39 Å². The van der Waals surface area contributed by atoms with E-state index in [2.05, 4.69) is 14.9 Å². The second-order valence-electron chi connectivity index (χ2n) is 6.69. The summed E-state index contributed by atoms with van der Waals surface area (Å²) in [5, 5.41) is 0. The van der Waals surface area contributed by atoms with Crippen molar-refractivity contribution in [2.24, 2.45) is 0 Å². The molecule has 1 aliphatic heterocycles. The SMILES string of the molecule is Cc1cc(CN2CCc3nc(C4CC4)[nH]c(=O)c3C2)ccc1F. The van der Waals surface area contributed by atoms with Crippen LogP contribution in [0.1, 0.15) is 47.0 Å². The molecule has 1 aromatic carbocycles. The third kappa shape index (κ3) is 2.93. The molecule has 120 valence electrons. The lowest BCUT2D eigenvalue weighted by Crippen LogP contribution is -2.35. The van der Waals surface area contributed by atoms with Gasteiger partial charge in [0.05, 0.1) is 11.3 Å². The highest BCUT2D eigenvalue weighted by Crippen LogP contribution is 2.37. The lowest BCUT2D eigenvalue weighted by Gasteiger charge is -2.27. The minimum atomic E-state index is -0.175. The summed E-state index contributed by atoms with van der Waals surface area (Å²) in [4.78, 5) is 22.2. The molecular formula is C18H20FN3O. The van der Waals surface area contributed by atoms with Gasteiger partial charge in [0.2, 0.25) is 0 Å². The Hall–Kier alpha value is -2.01. The van der Waals surface area contributed by atoms with Gasteiger partial charge in [0, 0.05) is 32.0 Å². The third-order valence-corrected chi connectivity index (χ3v) is 4.76. The van der Waals surface area contributed by atoms with Gasteiger partial charge >= 0.3 is 0 Å². The average molecular weight is 313 g/mol. The fourth-order valence-electron chi connectivity index (χ4n) is 3.25. The van der Waals surface area contributed by atoms with Gasteiger partial charge in [0.25, 0.3) is 5.56 Å². The van der Waals surface area contributed by atoms with E-state index in [4.69, 9.17) is 0 Å². The number of nitrogens with zero attached hydrogens (tertiary/aromatic N) is 2. The standard InChI is InChI=1S/C18H20FN3O/c1-11-8-12(2-5-15(11)19)9-22-7-6-16-14(10-22)18(23)21-17(20-16)13-3-4-13/h2,5,8,13H,3-4,6-7,9-10H2,1H3,(H,20,21,23). The number of hydrogen-bond acceptors (Lipinski definition) is 3. The van der Waals surface area contributed by atoms with Crippen LogP contribution in [0.2, 0.25) is 0 Å². The minimum absolute atomic E-state index is 0.0110. The van der Waals surface area contributed by atoms with Crippen LogP contribution >= 0.6 is 0 Å². The summed E-state index contributed by atoms with van der Waals surface area (Å²) in [6, 6.07) is 5.21. The molecule has 1 aliphatic carbocycles. The highest BCUT2D eigenvalue weighted by molar-refractivity contribution is 5.26. The number of aromatic nitrogens is 2. The molecule has 2 heterocycles. The first-order valence-corrected chi connectivity index (χ1v) is 8.19. The Balaban J connectivity index is 1.54. The maximum atomic E-state index is 13.4. The van der Waals surface area contributed by atoms with Gasteiger partial charge < -0.3 is 4.98 Å². The largest absolute Gasteiger partial charge is 0.310 e. The maximum Gasteiger partial charge on any atom is 0.255 e. The molecule has 2 aliphatic rings. The molecular weight excluding hydrogens is 293 g/mol. The zero-order valence-electron chi connectivity index (χ0n) is 13.2. The topological polar surface area (TPSA) is 49.0 Å². The average Bonchev–Trinajstić information content (AvgIpc) is 3.36. The molecule has 0 spiro atoms. The molecule has 4 rings (SSSR count). The monoisotopic (exact) mass is 313 g/mol. The molecule has 0 radical (unpaired) electrons. The van der Waals surface area contributed by atoms with Gasteiger partial charge in [-0.25, -0.2) is 9.37 Å². The van der Waals surface area contributed by atoms with E-state index in [9.17, 15) is 9.18 Å². The first-order chi connectivity index (χ1) is 11.1. The highest BCUT2D eigenvalue weighted by Gasteiger charge is 2.29. The van der Waals surface area contributed by atoms with Crippen LogP contribution in [0, 0.1) is 12.7 Å². The zero-order chi connectivity index (χ0) is 16.0. The molecule has 5 heteroatoms. The number of rotatable bonds is 3. The van der Waals surface area contributed by atoms with Gasteiger partial charge in [-0.2, -0.15) is 0 Å². The van der Waals surface area contributed by atoms with Crippen LogP contribution in [0.25, 0.3) is 0 Å². The van der Waals surface area contributed by atoms with E-state index >= 15 is 0 Å². The highest BCUT2D eigenvalue weighted by atomic mass is 19.1. The van der Waals surface area contributed by atoms with Gasteiger partial charge in [-0.3, -0.25) is 9.69 Å². The van der Waals surface area contributed by atoms with Gasteiger partial charge in [-0.05, 0) is 37.0 Å². The Morgan fingerprint density at radius 1 is 1.39 bits per heavy atom. The number of benzene rings is 1. The molecule has 23 heavy (non-hydrogen) atoms. The van der Waals surface area contributed by atoms with Crippen LogP contribution in [0.3, 0.4) is 0 Å². The third-order valence-electron chi connectivity index (χ3n) is 4.76. The summed E-state index contributed by atoms with van der Waals surface area (Å²) < 4.78 is 13.4. The Morgan fingerprint density at radius 3 is 2.96 bits per heavy atom. The van der Waals surface area contributed by atoms with E-state index in [0.29, 0.717) is 18.0 Å². The number of aromatic amines is 1. The predicted molar refractivity (Wildman–Crippen MR) is 85.8 cm³/mol. The summed E-state index contributed by atoms with van der Waals surface area (Å²) >= 11 is 0. The fraction of sp³-hybridized carbons (Fsp3) is 0.444. The van der Waals surface area contributed by atoms with Crippen LogP contribution in [0.15, 0.2) is 23.0 Å². The van der Waals surface area contributed by atoms with Crippen LogP contribution in [0.5, 0.6) is 0 Å². The quantitative estimate of drug-likeness (QED) is 0.948. The molecule has 1 aromatic heterocycles. The smallest absolute Gasteiger partial charge is 0.255 e. The second-order valence-corrected chi connectivity index (χ2v) is 6.69. The molecule has 0 bridgehead atoms. The molecule has 4 nitrogen and oxygen atoms in total. The summed E-state index contributed by atoms with van der Waals surface area (Å²) in [7, 11) is 0. The van der Waals surface area contributed by atoms with Gasteiger partial charge in [-0.1, -0.05) is 12.1 Å². The molecule has 1 fully saturated rings. The van der Waals surface area contributed by atoms with Crippen molar-refractivity contribution >= 4 is 0 Å².